The minimum absolute atomic E-state index is 0.0926. The minimum Gasteiger partial charge on any atom is -0.488 e. The van der Waals surface area contributed by atoms with E-state index in [1.165, 1.54) is 5.56 Å². The van der Waals surface area contributed by atoms with Crippen LogP contribution >= 0.6 is 0 Å². The number of hydrogen-bond acceptors (Lipinski definition) is 3. The van der Waals surface area contributed by atoms with Crippen molar-refractivity contribution >= 4 is 0 Å². The first kappa shape index (κ1) is 15.6. The maximum absolute atomic E-state index is 5.95. The SMILES string of the molecule is CCn1cc(COc2ccccc2CNC(C)(C)C)cn1. The van der Waals surface area contributed by atoms with E-state index in [4.69, 9.17) is 4.74 Å². The van der Waals surface area contributed by atoms with Crippen molar-refractivity contribution in [3.8, 4) is 5.75 Å². The van der Waals surface area contributed by atoms with Gasteiger partial charge in [0.05, 0.1) is 6.20 Å². The van der Waals surface area contributed by atoms with E-state index in [1.54, 1.807) is 0 Å². The van der Waals surface area contributed by atoms with Crippen molar-refractivity contribution in [2.24, 2.45) is 0 Å². The molecule has 4 nitrogen and oxygen atoms in total. The number of ether oxygens (including phenoxy) is 1. The molecule has 0 bridgehead atoms. The van der Waals surface area contributed by atoms with Crippen LogP contribution in [0.3, 0.4) is 0 Å². The third-order valence-corrected chi connectivity index (χ3v) is 3.19. The Hall–Kier alpha value is -1.81. The first-order valence-electron chi connectivity index (χ1n) is 7.45. The molecule has 2 aromatic rings. The fourth-order valence-corrected chi connectivity index (χ4v) is 1.97. The summed E-state index contributed by atoms with van der Waals surface area (Å²) in [5.74, 6) is 0.929. The smallest absolute Gasteiger partial charge is 0.124 e. The maximum atomic E-state index is 5.95. The van der Waals surface area contributed by atoms with E-state index in [0.29, 0.717) is 6.61 Å². The van der Waals surface area contributed by atoms with E-state index in [0.717, 1.165) is 24.4 Å². The van der Waals surface area contributed by atoms with Crippen LogP contribution in [0.4, 0.5) is 0 Å². The molecule has 4 heteroatoms. The van der Waals surface area contributed by atoms with Crippen molar-refractivity contribution in [1.82, 2.24) is 15.1 Å². The van der Waals surface area contributed by atoms with E-state index in [-0.39, 0.29) is 5.54 Å². The summed E-state index contributed by atoms with van der Waals surface area (Å²) >= 11 is 0. The molecule has 0 aliphatic rings. The molecular formula is C17H25N3O. The maximum Gasteiger partial charge on any atom is 0.124 e. The van der Waals surface area contributed by atoms with Gasteiger partial charge in [0.2, 0.25) is 0 Å². The van der Waals surface area contributed by atoms with Gasteiger partial charge in [0.1, 0.15) is 12.4 Å². The second-order valence-electron chi connectivity index (χ2n) is 6.20. The lowest BCUT2D eigenvalue weighted by Crippen LogP contribution is -2.35. The Morgan fingerprint density at radius 1 is 1.24 bits per heavy atom. The highest BCUT2D eigenvalue weighted by Gasteiger charge is 2.11. The summed E-state index contributed by atoms with van der Waals surface area (Å²) in [5, 5.41) is 7.76. The molecule has 0 unspecified atom stereocenters. The quantitative estimate of drug-likeness (QED) is 0.885. The van der Waals surface area contributed by atoms with Gasteiger partial charge in [-0.3, -0.25) is 4.68 Å². The Morgan fingerprint density at radius 2 is 2.00 bits per heavy atom. The summed E-state index contributed by atoms with van der Waals surface area (Å²) in [5.41, 5.74) is 2.36. The predicted octanol–water partition coefficient (Wildman–Crippen LogP) is 3.37. The van der Waals surface area contributed by atoms with E-state index in [2.05, 4.69) is 44.2 Å². The van der Waals surface area contributed by atoms with Gasteiger partial charge >= 0.3 is 0 Å². The molecule has 1 aromatic carbocycles. The molecule has 1 aromatic heterocycles. The standard InChI is InChI=1S/C17H25N3O/c1-5-20-12-14(10-19-20)13-21-16-9-7-6-8-15(16)11-18-17(2,3)4/h6-10,12,18H,5,11,13H2,1-4H3. The normalized spacial score (nSPS) is 11.6. The van der Waals surface area contributed by atoms with Gasteiger partial charge in [-0.15, -0.1) is 0 Å². The summed E-state index contributed by atoms with van der Waals surface area (Å²) in [7, 11) is 0. The predicted molar refractivity (Wildman–Crippen MR) is 85.3 cm³/mol. The molecule has 0 spiro atoms. The van der Waals surface area contributed by atoms with Gasteiger partial charge in [0.25, 0.3) is 0 Å². The van der Waals surface area contributed by atoms with E-state index in [9.17, 15) is 0 Å². The average Bonchev–Trinajstić information content (AvgIpc) is 2.91. The molecule has 0 aliphatic heterocycles. The van der Waals surface area contributed by atoms with E-state index in [1.807, 2.05) is 35.3 Å². The topological polar surface area (TPSA) is 39.1 Å². The number of nitrogens with zero attached hydrogens (tertiary/aromatic N) is 2. The zero-order chi connectivity index (χ0) is 15.3. The number of para-hydroxylation sites is 1. The highest BCUT2D eigenvalue weighted by atomic mass is 16.5. The van der Waals surface area contributed by atoms with E-state index < -0.39 is 0 Å². The van der Waals surface area contributed by atoms with Crippen LogP contribution in [0.2, 0.25) is 0 Å². The number of aromatic nitrogens is 2. The summed E-state index contributed by atoms with van der Waals surface area (Å²) in [4.78, 5) is 0. The van der Waals surface area contributed by atoms with Crippen LogP contribution in [-0.4, -0.2) is 15.3 Å². The summed E-state index contributed by atoms with van der Waals surface area (Å²) < 4.78 is 7.86. The van der Waals surface area contributed by atoms with Crippen molar-refractivity contribution in [1.29, 1.82) is 0 Å². The van der Waals surface area contributed by atoms with Crippen LogP contribution in [0.15, 0.2) is 36.7 Å². The second-order valence-corrected chi connectivity index (χ2v) is 6.20. The third-order valence-electron chi connectivity index (χ3n) is 3.19. The van der Waals surface area contributed by atoms with Crippen LogP contribution in [0.5, 0.6) is 5.75 Å². The fourth-order valence-electron chi connectivity index (χ4n) is 1.97. The van der Waals surface area contributed by atoms with Gasteiger partial charge in [-0.1, -0.05) is 18.2 Å². The van der Waals surface area contributed by atoms with E-state index >= 15 is 0 Å². The molecule has 0 fully saturated rings. The highest BCUT2D eigenvalue weighted by Crippen LogP contribution is 2.20. The van der Waals surface area contributed by atoms with Gasteiger partial charge < -0.3 is 10.1 Å². The van der Waals surface area contributed by atoms with Gasteiger partial charge in [-0.05, 0) is 33.8 Å². The lowest BCUT2D eigenvalue weighted by molar-refractivity contribution is 0.300. The van der Waals surface area contributed by atoms with Crippen molar-refractivity contribution < 1.29 is 4.74 Å². The molecule has 0 aliphatic carbocycles. The first-order valence-corrected chi connectivity index (χ1v) is 7.45. The zero-order valence-corrected chi connectivity index (χ0v) is 13.4. The summed E-state index contributed by atoms with van der Waals surface area (Å²) in [6.45, 7) is 10.8. The monoisotopic (exact) mass is 287 g/mol. The summed E-state index contributed by atoms with van der Waals surface area (Å²) in [6.07, 6.45) is 3.88. The first-order chi connectivity index (χ1) is 9.98. The Morgan fingerprint density at radius 3 is 2.67 bits per heavy atom. The van der Waals surface area contributed by atoms with Crippen LogP contribution in [0.25, 0.3) is 0 Å². The molecule has 0 atom stereocenters. The van der Waals surface area contributed by atoms with Crippen molar-refractivity contribution in [2.75, 3.05) is 0 Å². The van der Waals surface area contributed by atoms with Gasteiger partial charge in [0.15, 0.2) is 0 Å². The average molecular weight is 287 g/mol. The Balaban J connectivity index is 1.99. The molecule has 114 valence electrons. The molecule has 2 rings (SSSR count). The molecular weight excluding hydrogens is 262 g/mol. The number of nitrogens with one attached hydrogen (secondary N) is 1. The van der Waals surface area contributed by atoms with Crippen molar-refractivity contribution in [3.05, 3.63) is 47.8 Å². The van der Waals surface area contributed by atoms with Crippen LogP contribution in [0.1, 0.15) is 38.8 Å². The lowest BCUT2D eigenvalue weighted by Gasteiger charge is -2.21. The second kappa shape index (κ2) is 6.76. The molecule has 0 radical (unpaired) electrons. The number of benzene rings is 1. The minimum atomic E-state index is 0.0926. The molecule has 0 amide bonds. The van der Waals surface area contributed by atoms with Crippen LogP contribution in [0, 0.1) is 0 Å². The zero-order valence-electron chi connectivity index (χ0n) is 13.4. The molecule has 0 saturated carbocycles. The van der Waals surface area contributed by atoms with Crippen LogP contribution < -0.4 is 10.1 Å². The fraction of sp³-hybridized carbons (Fsp3) is 0.471. The lowest BCUT2D eigenvalue weighted by atomic mass is 10.1. The largest absolute Gasteiger partial charge is 0.488 e. The molecule has 21 heavy (non-hydrogen) atoms. The molecule has 1 heterocycles. The Bertz CT molecular complexity index is 569. The molecule has 0 saturated heterocycles. The number of hydrogen-bond donors (Lipinski definition) is 1. The van der Waals surface area contributed by atoms with Gasteiger partial charge in [0, 0.05) is 36.0 Å². The molecule has 1 N–H and O–H groups in total. The van der Waals surface area contributed by atoms with Crippen LogP contribution in [-0.2, 0) is 19.7 Å². The highest BCUT2D eigenvalue weighted by molar-refractivity contribution is 5.33. The number of aryl methyl sites for hydroxylation is 1. The van der Waals surface area contributed by atoms with Crippen molar-refractivity contribution in [2.45, 2.75) is 52.9 Å². The van der Waals surface area contributed by atoms with Crippen molar-refractivity contribution in [3.63, 3.8) is 0 Å². The number of rotatable bonds is 6. The Kier molecular flexibility index (Phi) is 5.02. The third kappa shape index (κ3) is 4.90. The van der Waals surface area contributed by atoms with Gasteiger partial charge in [-0.2, -0.15) is 5.10 Å². The van der Waals surface area contributed by atoms with Gasteiger partial charge in [-0.25, -0.2) is 0 Å². The summed E-state index contributed by atoms with van der Waals surface area (Å²) in [6, 6.07) is 8.17. The Labute approximate surface area is 127 Å².